The van der Waals surface area contributed by atoms with Crippen molar-refractivity contribution in [2.45, 2.75) is 52.9 Å². The number of aliphatic hydroxyl groups excluding tert-OH is 1. The molecule has 0 fully saturated rings. The Morgan fingerprint density at radius 2 is 1.88 bits per heavy atom. The van der Waals surface area contributed by atoms with Crippen molar-refractivity contribution in [2.75, 3.05) is 6.54 Å². The summed E-state index contributed by atoms with van der Waals surface area (Å²) in [5.41, 5.74) is 13.2. The molecule has 0 bridgehead atoms. The number of nitrogens with zero attached hydrogens (tertiary/aromatic N) is 3. The summed E-state index contributed by atoms with van der Waals surface area (Å²) in [4.78, 5) is 15.5. The van der Waals surface area contributed by atoms with E-state index in [1.54, 1.807) is 0 Å². The average molecular weight is 327 g/mol. The predicted octanol–water partition coefficient (Wildman–Crippen LogP) is 5.07. The van der Waals surface area contributed by atoms with Crippen molar-refractivity contribution in [1.82, 2.24) is 0 Å². The third kappa shape index (κ3) is 3.80. The number of rotatable bonds is 6. The molecule has 0 aliphatic heterocycles. The number of ketones is 1. The van der Waals surface area contributed by atoms with Gasteiger partial charge in [-0.2, -0.15) is 0 Å². The van der Waals surface area contributed by atoms with E-state index in [1.807, 2.05) is 0 Å². The lowest BCUT2D eigenvalue weighted by Gasteiger charge is -2.26. The maximum absolute atomic E-state index is 12.7. The Morgan fingerprint density at radius 3 is 2.38 bits per heavy atom. The molecule has 1 aromatic rings. The normalized spacial score (nSPS) is 17.8. The molecule has 1 N–H and O–H groups in total. The molecule has 1 aliphatic rings. The molecule has 1 atom stereocenters. The van der Waals surface area contributed by atoms with E-state index >= 15 is 0 Å². The fourth-order valence-corrected chi connectivity index (χ4v) is 3.57. The zero-order chi connectivity index (χ0) is 17.7. The second-order valence-electron chi connectivity index (χ2n) is 6.43. The highest BCUT2D eigenvalue weighted by Crippen LogP contribution is 2.37. The number of hydrogen-bond acceptors (Lipinski definition) is 3. The summed E-state index contributed by atoms with van der Waals surface area (Å²) < 4.78 is 0. The van der Waals surface area contributed by atoms with Crippen molar-refractivity contribution >= 4 is 11.4 Å². The summed E-state index contributed by atoms with van der Waals surface area (Å²) >= 11 is 0. The van der Waals surface area contributed by atoms with Crippen molar-refractivity contribution in [3.05, 3.63) is 50.6 Å². The van der Waals surface area contributed by atoms with Crippen LogP contribution in [0.3, 0.4) is 0 Å². The first-order valence-corrected chi connectivity index (χ1v) is 8.60. The molecule has 1 aromatic carbocycles. The van der Waals surface area contributed by atoms with Gasteiger partial charge in [-0.05, 0) is 54.3 Å². The molecular formula is C19H25N3O2. The van der Waals surface area contributed by atoms with Gasteiger partial charge in [-0.25, -0.2) is 0 Å². The summed E-state index contributed by atoms with van der Waals surface area (Å²) in [7, 11) is 0. The highest BCUT2D eigenvalue weighted by atomic mass is 16.3. The molecule has 0 saturated carbocycles. The van der Waals surface area contributed by atoms with Gasteiger partial charge in [0, 0.05) is 24.3 Å². The summed E-state index contributed by atoms with van der Waals surface area (Å²) in [5, 5.41) is 14.1. The van der Waals surface area contributed by atoms with Gasteiger partial charge in [0.05, 0.1) is 5.57 Å². The first-order valence-electron chi connectivity index (χ1n) is 8.60. The van der Waals surface area contributed by atoms with Crippen molar-refractivity contribution in [1.29, 1.82) is 0 Å². The number of benzene rings is 1. The van der Waals surface area contributed by atoms with E-state index < -0.39 is 0 Å². The molecule has 1 aliphatic carbocycles. The zero-order valence-corrected chi connectivity index (χ0v) is 14.7. The lowest BCUT2D eigenvalue weighted by Crippen LogP contribution is -2.21. The van der Waals surface area contributed by atoms with Gasteiger partial charge in [-0.15, -0.1) is 0 Å². The average Bonchev–Trinajstić information content (AvgIpc) is 2.55. The molecule has 0 spiro atoms. The molecule has 0 aromatic heterocycles. The van der Waals surface area contributed by atoms with Crippen molar-refractivity contribution in [2.24, 2.45) is 11.0 Å². The number of azide groups is 1. The molecule has 1 unspecified atom stereocenters. The molecule has 0 amide bonds. The van der Waals surface area contributed by atoms with E-state index in [0.29, 0.717) is 31.4 Å². The van der Waals surface area contributed by atoms with Crippen LogP contribution in [-0.2, 0) is 17.6 Å². The topological polar surface area (TPSA) is 86.1 Å². The zero-order valence-electron chi connectivity index (χ0n) is 14.7. The standard InChI is InChI=1S/C19H25N3O2/c1-4-14-8-12(3)9-15(5-2)18(14)19-16(23)10-13(11-17(19)24)6-7-21-22-20/h8-9,13,23H,4-7,10-11H2,1-3H3. The van der Waals surface area contributed by atoms with Gasteiger partial charge < -0.3 is 5.11 Å². The summed E-state index contributed by atoms with van der Waals surface area (Å²) in [6.45, 7) is 6.57. The first-order chi connectivity index (χ1) is 11.5. The van der Waals surface area contributed by atoms with E-state index in [-0.39, 0.29) is 17.5 Å². The lowest BCUT2D eigenvalue weighted by molar-refractivity contribution is -0.115. The number of Topliss-reactive ketones (excluding diaryl/α,β-unsaturated/α-hetero) is 1. The Hall–Kier alpha value is -2.26. The SMILES string of the molecule is CCc1cc(C)cc(CC)c1C1=C(O)CC(CCN=[N+]=[N-])CC1=O. The number of hydrogen-bond donors (Lipinski definition) is 1. The highest BCUT2D eigenvalue weighted by Gasteiger charge is 2.30. The van der Waals surface area contributed by atoms with E-state index in [2.05, 4.69) is 42.9 Å². The third-order valence-corrected chi connectivity index (χ3v) is 4.68. The van der Waals surface area contributed by atoms with Gasteiger partial charge in [0.2, 0.25) is 0 Å². The van der Waals surface area contributed by atoms with Crippen molar-refractivity contribution in [3.8, 4) is 0 Å². The fraction of sp³-hybridized carbons (Fsp3) is 0.526. The Labute approximate surface area is 143 Å². The minimum atomic E-state index is -0.00191. The predicted molar refractivity (Wildman–Crippen MR) is 95.8 cm³/mol. The maximum atomic E-state index is 12.7. The van der Waals surface area contributed by atoms with Gasteiger partial charge >= 0.3 is 0 Å². The number of carbonyl (C=O) groups excluding carboxylic acids is 1. The van der Waals surface area contributed by atoms with Gasteiger partial charge in [0.25, 0.3) is 0 Å². The Balaban J connectivity index is 2.43. The minimum Gasteiger partial charge on any atom is -0.512 e. The number of carbonyl (C=O) groups is 1. The molecule has 0 saturated heterocycles. The van der Waals surface area contributed by atoms with E-state index in [9.17, 15) is 9.90 Å². The molecule has 128 valence electrons. The molecule has 5 heteroatoms. The number of allylic oxidation sites excluding steroid dienone is 2. The van der Waals surface area contributed by atoms with Gasteiger partial charge in [0.15, 0.2) is 5.78 Å². The van der Waals surface area contributed by atoms with Crippen LogP contribution in [0.25, 0.3) is 16.0 Å². The van der Waals surface area contributed by atoms with Crippen LogP contribution in [0.5, 0.6) is 0 Å². The molecule has 0 heterocycles. The molecule has 2 rings (SSSR count). The third-order valence-electron chi connectivity index (χ3n) is 4.68. The first kappa shape index (κ1) is 18.1. The van der Waals surface area contributed by atoms with Crippen molar-refractivity contribution < 1.29 is 9.90 Å². The van der Waals surface area contributed by atoms with Crippen molar-refractivity contribution in [3.63, 3.8) is 0 Å². The largest absolute Gasteiger partial charge is 0.512 e. The second kappa shape index (κ2) is 8.02. The van der Waals surface area contributed by atoms with Gasteiger partial charge in [-0.3, -0.25) is 4.79 Å². The Kier molecular flexibility index (Phi) is 6.04. The van der Waals surface area contributed by atoms with Crippen LogP contribution in [-0.4, -0.2) is 17.4 Å². The summed E-state index contributed by atoms with van der Waals surface area (Å²) in [6.07, 6.45) is 3.16. The van der Waals surface area contributed by atoms with Gasteiger partial charge in [-0.1, -0.05) is 36.7 Å². The monoisotopic (exact) mass is 327 g/mol. The Bertz CT molecular complexity index is 690. The van der Waals surface area contributed by atoms with E-state index in [4.69, 9.17) is 5.53 Å². The molecule has 24 heavy (non-hydrogen) atoms. The lowest BCUT2D eigenvalue weighted by atomic mass is 9.79. The fourth-order valence-electron chi connectivity index (χ4n) is 3.57. The van der Waals surface area contributed by atoms with E-state index in [1.165, 1.54) is 5.56 Å². The number of aliphatic hydroxyl groups is 1. The minimum absolute atomic E-state index is 0.00191. The molecule has 5 nitrogen and oxygen atoms in total. The van der Waals surface area contributed by atoms with Crippen LogP contribution in [0.15, 0.2) is 23.0 Å². The second-order valence-corrected chi connectivity index (χ2v) is 6.43. The smallest absolute Gasteiger partial charge is 0.167 e. The number of aryl methyl sites for hydroxylation is 3. The Morgan fingerprint density at radius 1 is 1.25 bits per heavy atom. The van der Waals surface area contributed by atoms with Gasteiger partial charge in [0.1, 0.15) is 5.76 Å². The quantitative estimate of drug-likeness (QED) is 0.449. The van der Waals surface area contributed by atoms with Crippen LogP contribution in [0.4, 0.5) is 0 Å². The van der Waals surface area contributed by atoms with Crippen LogP contribution in [0.1, 0.15) is 55.4 Å². The highest BCUT2D eigenvalue weighted by molar-refractivity contribution is 6.22. The van der Waals surface area contributed by atoms with Crippen LogP contribution >= 0.6 is 0 Å². The van der Waals surface area contributed by atoms with E-state index in [0.717, 1.165) is 29.5 Å². The van der Waals surface area contributed by atoms with Crippen LogP contribution in [0, 0.1) is 12.8 Å². The molecular weight excluding hydrogens is 302 g/mol. The summed E-state index contributed by atoms with van der Waals surface area (Å²) in [5.74, 6) is 0.232. The van der Waals surface area contributed by atoms with Crippen LogP contribution in [0.2, 0.25) is 0 Å². The van der Waals surface area contributed by atoms with Crippen LogP contribution < -0.4 is 0 Å². The summed E-state index contributed by atoms with van der Waals surface area (Å²) in [6, 6.07) is 4.21. The molecule has 0 radical (unpaired) electrons. The maximum Gasteiger partial charge on any atom is 0.167 e.